The molecule has 0 aromatic heterocycles. The Morgan fingerprint density at radius 2 is 1.34 bits per heavy atom. The van der Waals surface area contributed by atoms with Crippen LogP contribution >= 0.6 is 33.8 Å². The first-order valence-electron chi connectivity index (χ1n) is 19.2. The molecule has 0 spiro atoms. The fourth-order valence-corrected chi connectivity index (χ4v) is 7.85. The van der Waals surface area contributed by atoms with Crippen LogP contribution in [-0.2, 0) is 68.6 Å². The summed E-state index contributed by atoms with van der Waals surface area (Å²) in [5.41, 5.74) is 0.565. The van der Waals surface area contributed by atoms with Gasteiger partial charge in [-0.2, -0.15) is 0 Å². The normalized spacial score (nSPS) is 13.5. The minimum atomic E-state index is -1.68. The second kappa shape index (κ2) is 30.9. The molecule has 0 aliphatic carbocycles. The second-order valence-corrected chi connectivity index (χ2v) is 16.6. The number of carbonyl (C=O) groups excluding carboxylic acids is 6. The Balaban J connectivity index is 2.96. The maximum Gasteiger partial charge on any atom is 0.508 e. The van der Waals surface area contributed by atoms with E-state index < -0.39 is 147 Å². The standard InChI is InChI=1S/C38H50N4O19S3/c1-59-38(58)60-13-14-63-64-19-23(34(52)53)17-28(45)27(15-21-5-3-2-4-6-21)40-33(51)22(18-32(49)50)16-24(44)7-8-25(35(54)55)39-29(46)10-9-26(36(56)57)41-37(62)42-30(61-20-43)11-12-31(47)48/h2-6,20,22-23,25-27,30H,7-19H2,1H3,(H,39,46)(H,40,51)(H,47,48)(H,49,50)(H,52,53)(H,54,55)(H,56,57)(H2,41,42,62)/t22-,23-,25-,26+,27-,30-/m0/s1. The Hall–Kier alpha value is -6.02. The molecule has 23 nitrogen and oxygen atoms in total. The summed E-state index contributed by atoms with van der Waals surface area (Å²) in [7, 11) is 3.43. The summed E-state index contributed by atoms with van der Waals surface area (Å²) in [6.07, 6.45) is -7.11. The lowest BCUT2D eigenvalue weighted by atomic mass is 9.92. The van der Waals surface area contributed by atoms with Crippen molar-refractivity contribution < 1.29 is 92.5 Å². The van der Waals surface area contributed by atoms with Crippen LogP contribution in [0.2, 0.25) is 0 Å². The first-order valence-corrected chi connectivity index (χ1v) is 22.1. The lowest BCUT2D eigenvalue weighted by molar-refractivity contribution is -0.144. The maximum atomic E-state index is 13.6. The molecule has 64 heavy (non-hydrogen) atoms. The number of carboxylic acids is 5. The predicted molar refractivity (Wildman–Crippen MR) is 228 cm³/mol. The van der Waals surface area contributed by atoms with Crippen LogP contribution in [-0.4, -0.2) is 146 Å². The van der Waals surface area contributed by atoms with Crippen molar-refractivity contribution >= 4 is 105 Å². The van der Waals surface area contributed by atoms with Gasteiger partial charge in [-0.1, -0.05) is 51.9 Å². The van der Waals surface area contributed by atoms with E-state index in [1.54, 1.807) is 30.3 Å². The molecule has 0 radical (unpaired) electrons. The number of nitrogens with one attached hydrogen (secondary N) is 4. The van der Waals surface area contributed by atoms with Crippen molar-refractivity contribution in [1.82, 2.24) is 21.3 Å². The lowest BCUT2D eigenvalue weighted by Gasteiger charge is -2.23. The largest absolute Gasteiger partial charge is 0.508 e. The van der Waals surface area contributed by atoms with Gasteiger partial charge in [-0.15, -0.1) is 0 Å². The Morgan fingerprint density at radius 1 is 0.703 bits per heavy atom. The molecule has 0 unspecified atom stereocenters. The predicted octanol–water partition coefficient (Wildman–Crippen LogP) is 0.999. The number of carboxylic acid groups (broad SMARTS) is 5. The smallest absolute Gasteiger partial charge is 0.481 e. The van der Waals surface area contributed by atoms with Gasteiger partial charge in [-0.05, 0) is 37.0 Å². The molecular weight excluding hydrogens is 913 g/mol. The number of aliphatic carboxylic acids is 5. The van der Waals surface area contributed by atoms with E-state index in [9.17, 15) is 73.2 Å². The highest BCUT2D eigenvalue weighted by Gasteiger charge is 2.32. The van der Waals surface area contributed by atoms with Gasteiger partial charge in [0.2, 0.25) is 11.8 Å². The van der Waals surface area contributed by atoms with Crippen LogP contribution in [0.4, 0.5) is 4.79 Å². The van der Waals surface area contributed by atoms with Crippen LogP contribution in [0.3, 0.4) is 0 Å². The first-order chi connectivity index (χ1) is 30.2. The monoisotopic (exact) mass is 962 g/mol. The van der Waals surface area contributed by atoms with E-state index in [0.29, 0.717) is 5.56 Å². The van der Waals surface area contributed by atoms with Gasteiger partial charge in [0.15, 0.2) is 17.1 Å². The Bertz CT molecular complexity index is 1800. The average Bonchev–Trinajstić information content (AvgIpc) is 3.22. The zero-order chi connectivity index (χ0) is 48.2. The van der Waals surface area contributed by atoms with Gasteiger partial charge in [0, 0.05) is 43.6 Å². The maximum absolute atomic E-state index is 13.6. The third-order valence-corrected chi connectivity index (χ3v) is 11.4. The van der Waals surface area contributed by atoms with Gasteiger partial charge in [-0.3, -0.25) is 38.4 Å². The molecule has 0 aliphatic rings. The van der Waals surface area contributed by atoms with Crippen LogP contribution in [0.15, 0.2) is 30.3 Å². The van der Waals surface area contributed by atoms with Crippen molar-refractivity contribution in [1.29, 1.82) is 0 Å². The summed E-state index contributed by atoms with van der Waals surface area (Å²) < 4.78 is 13.8. The number of amides is 2. The molecule has 0 saturated carbocycles. The minimum absolute atomic E-state index is 0.0149. The van der Waals surface area contributed by atoms with Crippen molar-refractivity contribution in [3.63, 3.8) is 0 Å². The molecule has 26 heteroatoms. The van der Waals surface area contributed by atoms with E-state index in [-0.39, 0.29) is 42.5 Å². The van der Waals surface area contributed by atoms with E-state index in [1.807, 2.05) is 0 Å². The van der Waals surface area contributed by atoms with Gasteiger partial charge in [0.1, 0.15) is 24.5 Å². The highest BCUT2D eigenvalue weighted by Crippen LogP contribution is 2.26. The van der Waals surface area contributed by atoms with Gasteiger partial charge >= 0.3 is 36.0 Å². The summed E-state index contributed by atoms with van der Waals surface area (Å²) in [6, 6.07) is 3.75. The van der Waals surface area contributed by atoms with Gasteiger partial charge in [-0.25, -0.2) is 14.4 Å². The minimum Gasteiger partial charge on any atom is -0.481 e. The van der Waals surface area contributed by atoms with Crippen molar-refractivity contribution in [3.8, 4) is 0 Å². The molecule has 0 fully saturated rings. The molecule has 2 amide bonds. The number of ether oxygens (including phenoxy) is 3. The molecule has 1 aromatic rings. The molecular formula is C38H50N4O19S3. The van der Waals surface area contributed by atoms with E-state index >= 15 is 0 Å². The highest BCUT2D eigenvalue weighted by atomic mass is 33.1. The number of thiocarbonyl (C=S) groups is 1. The summed E-state index contributed by atoms with van der Waals surface area (Å²) in [6.45, 7) is 0.00755. The molecule has 6 atom stereocenters. The Kier molecular flexibility index (Phi) is 27.1. The number of benzene rings is 1. The number of carbonyl (C=O) groups is 11. The second-order valence-electron chi connectivity index (χ2n) is 13.6. The van der Waals surface area contributed by atoms with Crippen LogP contribution in [0.25, 0.3) is 0 Å². The van der Waals surface area contributed by atoms with E-state index in [2.05, 4.69) is 30.7 Å². The third-order valence-electron chi connectivity index (χ3n) is 8.70. The van der Waals surface area contributed by atoms with Gasteiger partial charge in [0.05, 0.1) is 37.8 Å². The molecule has 354 valence electrons. The van der Waals surface area contributed by atoms with Crippen molar-refractivity contribution in [3.05, 3.63) is 35.9 Å². The van der Waals surface area contributed by atoms with Crippen LogP contribution in [0.1, 0.15) is 63.4 Å². The summed E-state index contributed by atoms with van der Waals surface area (Å²) in [4.78, 5) is 133. The molecule has 0 bridgehead atoms. The Labute approximate surface area is 378 Å². The summed E-state index contributed by atoms with van der Waals surface area (Å²) in [5, 5.41) is 56.6. The third kappa shape index (κ3) is 24.6. The summed E-state index contributed by atoms with van der Waals surface area (Å²) >= 11 is 5.00. The van der Waals surface area contributed by atoms with Crippen LogP contribution < -0.4 is 21.3 Å². The van der Waals surface area contributed by atoms with Gasteiger partial charge in [0.25, 0.3) is 6.47 Å². The number of hydrogen-bond donors (Lipinski definition) is 9. The number of ketones is 2. The van der Waals surface area contributed by atoms with Crippen molar-refractivity contribution in [2.75, 3.05) is 25.2 Å². The quantitative estimate of drug-likeness (QED) is 0.0116. The van der Waals surface area contributed by atoms with Crippen molar-refractivity contribution in [2.45, 2.75) is 88.6 Å². The van der Waals surface area contributed by atoms with Crippen LogP contribution in [0.5, 0.6) is 0 Å². The molecule has 0 saturated heterocycles. The number of Topliss-reactive ketones (excluding diaryl/α,β-unsaturated/α-hetero) is 2. The van der Waals surface area contributed by atoms with E-state index in [0.717, 1.165) is 17.9 Å². The summed E-state index contributed by atoms with van der Waals surface area (Å²) in [5.74, 6) is -13.0. The number of hydrogen-bond acceptors (Lipinski definition) is 17. The van der Waals surface area contributed by atoms with E-state index in [1.165, 1.54) is 10.8 Å². The van der Waals surface area contributed by atoms with Gasteiger partial charge < -0.3 is 61.0 Å². The Morgan fingerprint density at radius 3 is 1.92 bits per heavy atom. The number of rotatable bonds is 34. The fourth-order valence-electron chi connectivity index (χ4n) is 5.44. The zero-order valence-corrected chi connectivity index (χ0v) is 36.7. The fraction of sp³-hybridized carbons (Fsp3) is 0.526. The van der Waals surface area contributed by atoms with Crippen LogP contribution in [0, 0.1) is 11.8 Å². The van der Waals surface area contributed by atoms with Crippen molar-refractivity contribution in [2.24, 2.45) is 11.8 Å². The SMILES string of the molecule is COC(=O)OCCSSC[C@H](CC(=O)[C@H](Cc1ccccc1)NC(=O)[C@H](CC(=O)O)CC(=O)CC[C@H](NC(=O)CC[C@@H](NC(=S)N[C@H](CCC(=O)O)OC=O)C(=O)O)C(=O)O)C(=O)O. The van der Waals surface area contributed by atoms with E-state index in [4.69, 9.17) is 22.1 Å². The molecule has 9 N–H and O–H groups in total. The lowest BCUT2D eigenvalue weighted by Crippen LogP contribution is -2.50. The molecule has 0 aliphatic heterocycles. The highest BCUT2D eigenvalue weighted by molar-refractivity contribution is 8.76. The topological polar surface area (TPSA) is 365 Å². The first kappa shape index (κ1) is 56.0. The molecule has 1 rings (SSSR count). The number of methoxy groups -OCH3 is 1. The zero-order valence-electron chi connectivity index (χ0n) is 34.3. The molecule has 1 aromatic carbocycles. The molecule has 0 heterocycles. The average molecular weight is 963 g/mol.